The average Bonchev–Trinajstić information content (AvgIpc) is 2.95. The highest BCUT2D eigenvalue weighted by molar-refractivity contribution is 7.98. The van der Waals surface area contributed by atoms with E-state index in [0.717, 1.165) is 46.9 Å². The summed E-state index contributed by atoms with van der Waals surface area (Å²) in [4.78, 5) is 26.4. The summed E-state index contributed by atoms with van der Waals surface area (Å²) in [5, 5.41) is 5.21. The smallest absolute Gasteiger partial charge is 0.257 e. The monoisotopic (exact) mass is 526 g/mol. The molecule has 5 nitrogen and oxygen atoms in total. The molecule has 0 fully saturated rings. The SMILES string of the molecule is Cc1ccc(SNC(=O)C(CCCCCNC(=O)COc2ccccc2)c2ccc3ccccc3c2)cc1. The maximum Gasteiger partial charge on any atom is 0.257 e. The van der Waals surface area contributed by atoms with Gasteiger partial charge < -0.3 is 10.1 Å². The first kappa shape index (κ1) is 27.3. The van der Waals surface area contributed by atoms with Crippen molar-refractivity contribution in [3.63, 3.8) is 0 Å². The topological polar surface area (TPSA) is 67.4 Å². The van der Waals surface area contributed by atoms with Gasteiger partial charge in [0.2, 0.25) is 5.91 Å². The first-order valence-corrected chi connectivity index (χ1v) is 13.9. The van der Waals surface area contributed by atoms with Crippen molar-refractivity contribution in [1.29, 1.82) is 0 Å². The fourth-order valence-corrected chi connectivity index (χ4v) is 4.89. The number of ether oxygens (including phenoxy) is 1. The molecule has 4 aromatic carbocycles. The number of aryl methyl sites for hydroxylation is 1. The molecule has 4 aromatic rings. The summed E-state index contributed by atoms with van der Waals surface area (Å²) >= 11 is 1.36. The van der Waals surface area contributed by atoms with E-state index in [1.54, 1.807) is 0 Å². The maximum absolute atomic E-state index is 13.3. The lowest BCUT2D eigenvalue weighted by atomic mass is 9.91. The Morgan fingerprint density at radius 3 is 2.34 bits per heavy atom. The molecule has 0 aliphatic rings. The number of hydrogen-bond donors (Lipinski definition) is 2. The van der Waals surface area contributed by atoms with Gasteiger partial charge in [0.15, 0.2) is 6.61 Å². The number of fused-ring (bicyclic) bond motifs is 1. The zero-order valence-electron chi connectivity index (χ0n) is 21.7. The summed E-state index contributed by atoms with van der Waals surface area (Å²) in [6.45, 7) is 2.65. The Morgan fingerprint density at radius 2 is 1.55 bits per heavy atom. The number of benzene rings is 4. The Hall–Kier alpha value is -3.77. The summed E-state index contributed by atoms with van der Waals surface area (Å²) in [6, 6.07) is 31.9. The number of carbonyl (C=O) groups excluding carboxylic acids is 2. The average molecular weight is 527 g/mol. The van der Waals surface area contributed by atoms with Crippen molar-refractivity contribution in [2.45, 2.75) is 43.4 Å². The quantitative estimate of drug-likeness (QED) is 0.148. The van der Waals surface area contributed by atoms with E-state index in [1.165, 1.54) is 17.5 Å². The lowest BCUT2D eigenvalue weighted by Crippen LogP contribution is -2.29. The molecule has 4 rings (SSSR count). The Morgan fingerprint density at radius 1 is 0.816 bits per heavy atom. The molecule has 196 valence electrons. The molecule has 0 aromatic heterocycles. The summed E-state index contributed by atoms with van der Waals surface area (Å²) in [7, 11) is 0. The van der Waals surface area contributed by atoms with Crippen molar-refractivity contribution in [2.24, 2.45) is 0 Å². The highest BCUT2D eigenvalue weighted by Gasteiger charge is 2.21. The van der Waals surface area contributed by atoms with Gasteiger partial charge in [-0.05, 0) is 72.3 Å². The fraction of sp³-hybridized carbons (Fsp3) is 0.250. The van der Waals surface area contributed by atoms with Crippen LogP contribution in [0.1, 0.15) is 42.7 Å². The van der Waals surface area contributed by atoms with Crippen LogP contribution in [0.2, 0.25) is 0 Å². The number of hydrogen-bond acceptors (Lipinski definition) is 4. The van der Waals surface area contributed by atoms with Crippen LogP contribution < -0.4 is 14.8 Å². The van der Waals surface area contributed by atoms with Crippen LogP contribution in [-0.4, -0.2) is 25.0 Å². The summed E-state index contributed by atoms with van der Waals surface area (Å²) in [5.41, 5.74) is 2.21. The highest BCUT2D eigenvalue weighted by Crippen LogP contribution is 2.28. The standard InChI is InChI=1S/C32H34N2O3S/c1-24-15-19-29(20-16-24)38-34-32(36)30(27-18-17-25-10-7-8-11-26(25)22-27)14-6-3-9-21-33-31(35)23-37-28-12-4-2-5-13-28/h2,4-5,7-8,10-13,15-20,22,30H,3,6,9,14,21,23H2,1H3,(H,33,35)(H,34,36). The van der Waals surface area contributed by atoms with Crippen LogP contribution in [-0.2, 0) is 9.59 Å². The molecule has 1 unspecified atom stereocenters. The second-order valence-electron chi connectivity index (χ2n) is 9.34. The third-order valence-corrected chi connectivity index (χ3v) is 7.20. The largest absolute Gasteiger partial charge is 0.484 e. The zero-order valence-corrected chi connectivity index (χ0v) is 22.5. The summed E-state index contributed by atoms with van der Waals surface area (Å²) in [5.74, 6) is 0.320. The van der Waals surface area contributed by atoms with E-state index < -0.39 is 0 Å². The number of amides is 2. The molecular weight excluding hydrogens is 492 g/mol. The van der Waals surface area contributed by atoms with Gasteiger partial charge in [0, 0.05) is 11.4 Å². The Labute approximate surface area is 229 Å². The van der Waals surface area contributed by atoms with E-state index in [9.17, 15) is 9.59 Å². The second-order valence-corrected chi connectivity index (χ2v) is 10.2. The lowest BCUT2D eigenvalue weighted by molar-refractivity contribution is -0.123. The Kier molecular flexibility index (Phi) is 10.2. The van der Waals surface area contributed by atoms with Crippen molar-refractivity contribution < 1.29 is 14.3 Å². The van der Waals surface area contributed by atoms with Gasteiger partial charge >= 0.3 is 0 Å². The molecule has 0 aliphatic heterocycles. The zero-order chi connectivity index (χ0) is 26.6. The summed E-state index contributed by atoms with van der Waals surface area (Å²) in [6.07, 6.45) is 3.39. The number of rotatable bonds is 13. The van der Waals surface area contributed by atoms with Gasteiger partial charge in [0.1, 0.15) is 5.75 Å². The highest BCUT2D eigenvalue weighted by atomic mass is 32.2. The van der Waals surface area contributed by atoms with Crippen LogP contribution in [0.25, 0.3) is 10.8 Å². The van der Waals surface area contributed by atoms with Crippen molar-refractivity contribution in [3.8, 4) is 5.75 Å². The van der Waals surface area contributed by atoms with Crippen LogP contribution in [0.5, 0.6) is 5.75 Å². The predicted molar refractivity (Wildman–Crippen MR) is 155 cm³/mol. The van der Waals surface area contributed by atoms with Crippen molar-refractivity contribution in [1.82, 2.24) is 10.0 Å². The molecule has 0 saturated heterocycles. The predicted octanol–water partition coefficient (Wildman–Crippen LogP) is 6.81. The van der Waals surface area contributed by atoms with E-state index in [0.29, 0.717) is 12.3 Å². The first-order chi connectivity index (χ1) is 18.6. The van der Waals surface area contributed by atoms with Gasteiger partial charge in [-0.2, -0.15) is 0 Å². The van der Waals surface area contributed by atoms with Gasteiger partial charge in [-0.25, -0.2) is 0 Å². The normalized spacial score (nSPS) is 11.6. The molecule has 0 bridgehead atoms. The Bertz CT molecular complexity index is 1330. The van der Waals surface area contributed by atoms with E-state index >= 15 is 0 Å². The van der Waals surface area contributed by atoms with Gasteiger partial charge in [-0.1, -0.05) is 91.2 Å². The molecule has 1 atom stereocenters. The molecule has 0 saturated carbocycles. The molecule has 0 aliphatic carbocycles. The molecule has 38 heavy (non-hydrogen) atoms. The lowest BCUT2D eigenvalue weighted by Gasteiger charge is -2.18. The number of unbranched alkanes of at least 4 members (excludes halogenated alkanes) is 2. The van der Waals surface area contributed by atoms with Crippen LogP contribution in [0.15, 0.2) is 102 Å². The van der Waals surface area contributed by atoms with Crippen molar-refractivity contribution in [2.75, 3.05) is 13.2 Å². The van der Waals surface area contributed by atoms with Gasteiger partial charge in [0.05, 0.1) is 5.92 Å². The van der Waals surface area contributed by atoms with E-state index in [4.69, 9.17) is 4.74 Å². The van der Waals surface area contributed by atoms with Crippen molar-refractivity contribution >= 4 is 34.5 Å². The van der Waals surface area contributed by atoms with Gasteiger partial charge in [-0.3, -0.25) is 14.3 Å². The fourth-order valence-electron chi connectivity index (χ4n) is 4.26. The molecule has 0 spiro atoms. The maximum atomic E-state index is 13.3. The molecule has 6 heteroatoms. The Balaban J connectivity index is 1.27. The molecule has 2 amide bonds. The minimum absolute atomic E-state index is 0.00682. The minimum Gasteiger partial charge on any atom is -0.484 e. The first-order valence-electron chi connectivity index (χ1n) is 13.0. The van der Waals surface area contributed by atoms with Crippen LogP contribution in [0.3, 0.4) is 0 Å². The summed E-state index contributed by atoms with van der Waals surface area (Å²) < 4.78 is 8.55. The third-order valence-electron chi connectivity index (χ3n) is 6.39. The van der Waals surface area contributed by atoms with Gasteiger partial charge in [-0.15, -0.1) is 0 Å². The van der Waals surface area contributed by atoms with E-state index in [2.05, 4.69) is 40.4 Å². The number of nitrogens with one attached hydrogen (secondary N) is 2. The van der Waals surface area contributed by atoms with Crippen LogP contribution in [0, 0.1) is 6.92 Å². The van der Waals surface area contributed by atoms with Crippen LogP contribution >= 0.6 is 11.9 Å². The van der Waals surface area contributed by atoms with Crippen molar-refractivity contribution in [3.05, 3.63) is 108 Å². The van der Waals surface area contributed by atoms with Crippen LogP contribution in [0.4, 0.5) is 0 Å². The van der Waals surface area contributed by atoms with E-state index in [-0.39, 0.29) is 24.3 Å². The molecule has 0 radical (unpaired) electrons. The number of carbonyl (C=O) groups is 2. The van der Waals surface area contributed by atoms with E-state index in [1.807, 2.05) is 73.7 Å². The second kappa shape index (κ2) is 14.2. The minimum atomic E-state index is -0.244. The van der Waals surface area contributed by atoms with Gasteiger partial charge in [0.25, 0.3) is 5.91 Å². The molecular formula is C32H34N2O3S. The number of para-hydroxylation sites is 1. The molecule has 0 heterocycles. The molecule has 2 N–H and O–H groups in total. The third kappa shape index (κ3) is 8.38.